The van der Waals surface area contributed by atoms with E-state index in [4.69, 9.17) is 28.9 Å². The average Bonchev–Trinajstić information content (AvgIpc) is 2.67. The lowest BCUT2D eigenvalue weighted by molar-refractivity contribution is -0.365. The average molecular weight is 314 g/mol. The minimum absolute atomic E-state index is 0.0509. The van der Waals surface area contributed by atoms with Gasteiger partial charge in [-0.05, 0) is 25.6 Å². The first kappa shape index (κ1) is 17.6. The highest BCUT2D eigenvalue weighted by Gasteiger charge is 2.04. The van der Waals surface area contributed by atoms with E-state index in [-0.39, 0.29) is 14.2 Å². The van der Waals surface area contributed by atoms with Crippen LogP contribution in [0, 0.1) is 0 Å². The number of hydrogen-bond acceptors (Lipinski definition) is 5. The van der Waals surface area contributed by atoms with Gasteiger partial charge in [-0.15, -0.1) is 11.3 Å². The van der Waals surface area contributed by atoms with Crippen molar-refractivity contribution in [3.63, 3.8) is 0 Å². The third-order valence-corrected chi connectivity index (χ3v) is 3.60. The monoisotopic (exact) mass is 313 g/mol. The second-order valence-corrected chi connectivity index (χ2v) is 5.33. The standard InChI is InChI=1S/C5H2Cl2O2S.C5H15N3/c6-2-1-3(5(8)9)10-4(2)7;6-2-1-4-8-5-3-7/h1H,(H,8,9);8H,1-7H2. The van der Waals surface area contributed by atoms with Crippen molar-refractivity contribution in [2.75, 3.05) is 26.2 Å². The summed E-state index contributed by atoms with van der Waals surface area (Å²) in [4.78, 5) is 10.2. The molecule has 6 N–H and O–H groups in total. The van der Waals surface area contributed by atoms with Gasteiger partial charge < -0.3 is 26.7 Å². The molecule has 0 fully saturated rings. The molecular formula is C10H17Cl2N3O2S. The molecule has 1 rings (SSSR count). The first-order valence-electron chi connectivity index (χ1n) is 5.39. The Morgan fingerprint density at radius 1 is 1.50 bits per heavy atom. The molecule has 1 heterocycles. The number of aromatic carboxylic acids is 1. The van der Waals surface area contributed by atoms with Crippen LogP contribution in [0.1, 0.15) is 16.1 Å². The lowest BCUT2D eigenvalue weighted by Crippen LogP contribution is -2.54. The van der Waals surface area contributed by atoms with E-state index in [9.17, 15) is 9.90 Å². The Balaban J connectivity index is 0.000000331. The number of rotatable bonds is 6. The number of nitrogens with two attached hydrogens (primary N) is 1. The van der Waals surface area contributed by atoms with Gasteiger partial charge in [-0.3, -0.25) is 0 Å². The summed E-state index contributed by atoms with van der Waals surface area (Å²) in [6, 6.07) is 1.27. The Morgan fingerprint density at radius 3 is 2.50 bits per heavy atom. The molecule has 1 aromatic rings. The molecule has 0 bridgehead atoms. The van der Waals surface area contributed by atoms with Crippen LogP contribution in [0.15, 0.2) is 6.07 Å². The molecule has 0 atom stereocenters. The fraction of sp³-hybridized carbons (Fsp3) is 0.500. The number of halogens is 2. The first-order valence-corrected chi connectivity index (χ1v) is 6.96. The smallest absolute Gasteiger partial charge is 0.112 e. The summed E-state index contributed by atoms with van der Waals surface area (Å²) >= 11 is 11.8. The summed E-state index contributed by atoms with van der Waals surface area (Å²) < 4.78 is 0.279. The topological polar surface area (TPSA) is 106 Å². The quantitative estimate of drug-likeness (QED) is 0.620. The molecular weight excluding hydrogens is 297 g/mol. The molecule has 0 amide bonds. The van der Waals surface area contributed by atoms with Crippen molar-refractivity contribution in [3.8, 4) is 0 Å². The summed E-state index contributed by atoms with van der Waals surface area (Å²) in [7, 11) is 0. The molecule has 104 valence electrons. The molecule has 0 saturated carbocycles. The van der Waals surface area contributed by atoms with E-state index in [2.05, 4.69) is 11.1 Å². The van der Waals surface area contributed by atoms with Gasteiger partial charge in [-0.2, -0.15) is 0 Å². The lowest BCUT2D eigenvalue weighted by atomic mass is 10.4. The molecule has 5 nitrogen and oxygen atoms in total. The third kappa shape index (κ3) is 7.86. The first-order chi connectivity index (χ1) is 8.52. The van der Waals surface area contributed by atoms with E-state index < -0.39 is 5.97 Å². The summed E-state index contributed by atoms with van der Waals surface area (Å²) in [6.07, 6.45) is 1.07. The van der Waals surface area contributed by atoms with Crippen molar-refractivity contribution in [2.45, 2.75) is 6.42 Å². The van der Waals surface area contributed by atoms with Gasteiger partial charge in [0.2, 0.25) is 0 Å². The van der Waals surface area contributed by atoms with E-state index in [0.29, 0.717) is 0 Å². The van der Waals surface area contributed by atoms with Gasteiger partial charge in [0, 0.05) is 6.54 Å². The van der Waals surface area contributed by atoms with Gasteiger partial charge in [0.05, 0.1) is 22.4 Å². The largest absolute Gasteiger partial charge is 0.544 e. The number of carboxylic acid groups (broad SMARTS) is 1. The Bertz CT molecular complexity index is 335. The van der Waals surface area contributed by atoms with Crippen molar-refractivity contribution in [1.82, 2.24) is 5.32 Å². The number of carbonyl (C=O) groups excluding carboxylic acids is 1. The molecule has 0 aliphatic heterocycles. The molecule has 18 heavy (non-hydrogen) atoms. The SMILES string of the molecule is NCCCNCC[NH3+].O=C([O-])c1cc(Cl)c(Cl)s1. The minimum atomic E-state index is -1.25. The maximum absolute atomic E-state index is 10.1. The maximum Gasteiger partial charge on any atom is 0.112 e. The Hall–Kier alpha value is -0.370. The number of nitrogens with one attached hydrogen (secondary N) is 1. The lowest BCUT2D eigenvalue weighted by Gasteiger charge is -1.96. The highest BCUT2D eigenvalue weighted by Crippen LogP contribution is 2.30. The van der Waals surface area contributed by atoms with Crippen LogP contribution in [0.4, 0.5) is 0 Å². The van der Waals surface area contributed by atoms with Crippen LogP contribution in [0.3, 0.4) is 0 Å². The second kappa shape index (κ2) is 10.5. The second-order valence-electron chi connectivity index (χ2n) is 3.27. The highest BCUT2D eigenvalue weighted by molar-refractivity contribution is 7.18. The Kier molecular flexibility index (Phi) is 10.3. The normalized spacial score (nSPS) is 9.78. The van der Waals surface area contributed by atoms with Crippen LogP contribution >= 0.6 is 34.5 Å². The molecule has 0 spiro atoms. The molecule has 1 aromatic heterocycles. The van der Waals surface area contributed by atoms with Gasteiger partial charge in [-0.25, -0.2) is 0 Å². The summed E-state index contributed by atoms with van der Waals surface area (Å²) in [5.41, 5.74) is 8.94. The van der Waals surface area contributed by atoms with E-state index in [0.717, 1.165) is 43.9 Å². The highest BCUT2D eigenvalue weighted by atomic mass is 35.5. The maximum atomic E-state index is 10.1. The Labute approximate surface area is 120 Å². The van der Waals surface area contributed by atoms with E-state index >= 15 is 0 Å². The summed E-state index contributed by atoms with van der Waals surface area (Å²) in [6.45, 7) is 3.79. The molecule has 8 heteroatoms. The van der Waals surface area contributed by atoms with Crippen LogP contribution in [-0.2, 0) is 0 Å². The van der Waals surface area contributed by atoms with Gasteiger partial charge in [-0.1, -0.05) is 23.2 Å². The summed E-state index contributed by atoms with van der Waals surface area (Å²) in [5.74, 6) is -1.25. The van der Waals surface area contributed by atoms with Crippen LogP contribution in [-0.4, -0.2) is 32.1 Å². The number of quaternary nitrogens is 1. The van der Waals surface area contributed by atoms with Crippen molar-refractivity contribution in [3.05, 3.63) is 20.3 Å². The molecule has 0 radical (unpaired) electrons. The predicted octanol–water partition coefficient (Wildman–Crippen LogP) is -0.415. The van der Waals surface area contributed by atoms with Crippen LogP contribution < -0.4 is 21.9 Å². The van der Waals surface area contributed by atoms with Crippen molar-refractivity contribution in [2.24, 2.45) is 5.73 Å². The number of thiophene rings is 1. The fourth-order valence-corrected chi connectivity index (χ4v) is 2.13. The van der Waals surface area contributed by atoms with Gasteiger partial charge in [0.1, 0.15) is 4.34 Å². The zero-order valence-corrected chi connectivity index (χ0v) is 12.2. The van der Waals surface area contributed by atoms with Gasteiger partial charge >= 0.3 is 0 Å². The van der Waals surface area contributed by atoms with Crippen molar-refractivity contribution >= 4 is 40.5 Å². The van der Waals surface area contributed by atoms with E-state index in [1.54, 1.807) is 0 Å². The van der Waals surface area contributed by atoms with Crippen LogP contribution in [0.2, 0.25) is 9.36 Å². The van der Waals surface area contributed by atoms with Gasteiger partial charge in [0.25, 0.3) is 0 Å². The molecule has 0 saturated heterocycles. The molecule has 0 aliphatic rings. The summed E-state index contributed by atoms with van der Waals surface area (Å²) in [5, 5.41) is 13.6. The van der Waals surface area contributed by atoms with E-state index in [1.807, 2.05) is 0 Å². The number of hydrogen-bond donors (Lipinski definition) is 3. The van der Waals surface area contributed by atoms with Crippen LogP contribution in [0.25, 0.3) is 0 Å². The zero-order chi connectivity index (χ0) is 14.0. The number of carbonyl (C=O) groups is 1. The fourth-order valence-electron chi connectivity index (χ4n) is 0.924. The predicted molar refractivity (Wildman–Crippen MR) is 73.0 cm³/mol. The Morgan fingerprint density at radius 2 is 2.17 bits per heavy atom. The molecule has 0 unspecified atom stereocenters. The zero-order valence-electron chi connectivity index (χ0n) is 9.88. The number of carboxylic acids is 1. The van der Waals surface area contributed by atoms with Crippen molar-refractivity contribution < 1.29 is 15.6 Å². The van der Waals surface area contributed by atoms with Crippen LogP contribution in [0.5, 0.6) is 0 Å². The van der Waals surface area contributed by atoms with Gasteiger partial charge in [0.15, 0.2) is 0 Å². The van der Waals surface area contributed by atoms with E-state index in [1.165, 1.54) is 6.07 Å². The third-order valence-electron chi connectivity index (χ3n) is 1.76. The molecule has 0 aliphatic carbocycles. The minimum Gasteiger partial charge on any atom is -0.544 e. The molecule has 0 aromatic carbocycles. The van der Waals surface area contributed by atoms with Crippen molar-refractivity contribution in [1.29, 1.82) is 0 Å².